The Kier molecular flexibility index (Phi) is 4.66. The van der Waals surface area contributed by atoms with Gasteiger partial charge in [-0.15, -0.1) is 0 Å². The lowest BCUT2D eigenvalue weighted by Crippen LogP contribution is -2.46. The molecule has 8 heteroatoms. The molecule has 0 bridgehead atoms. The highest BCUT2D eigenvalue weighted by Gasteiger charge is 2.23. The average molecular weight is 409 g/mol. The number of rotatable bonds is 5. The Morgan fingerprint density at radius 2 is 1.76 bits per heavy atom. The zero-order valence-electron chi connectivity index (χ0n) is 17.0. The molecule has 7 nitrogen and oxygen atoms in total. The molecule has 4 aromatic rings. The van der Waals surface area contributed by atoms with Gasteiger partial charge in [-0.2, -0.15) is 0 Å². The van der Waals surface area contributed by atoms with E-state index in [0.29, 0.717) is 35.3 Å². The molecule has 0 saturated heterocycles. The summed E-state index contributed by atoms with van der Waals surface area (Å²) in [4.78, 5) is 31.3. The molecule has 0 N–H and O–H groups in total. The number of imidazole rings is 1. The summed E-state index contributed by atoms with van der Waals surface area (Å²) in [5.74, 6) is 0.646. The first-order valence-corrected chi connectivity index (χ1v) is 13.2. The lowest BCUT2D eigenvalue weighted by molar-refractivity contribution is 0.414. The zero-order valence-corrected chi connectivity index (χ0v) is 18.0. The Hall–Kier alpha value is -3.13. The number of ether oxygens (including phenoxy) is 1. The second-order valence-electron chi connectivity index (χ2n) is 8.39. The maximum atomic E-state index is 13.4. The van der Waals surface area contributed by atoms with Crippen LogP contribution in [0.3, 0.4) is 0 Å². The summed E-state index contributed by atoms with van der Waals surface area (Å²) in [5.41, 5.74) is 1.74. The van der Waals surface area contributed by atoms with E-state index in [4.69, 9.17) is 4.74 Å². The van der Waals surface area contributed by atoms with Crippen LogP contribution in [0.25, 0.3) is 16.8 Å². The van der Waals surface area contributed by atoms with Crippen LogP contribution in [0, 0.1) is 0 Å². The maximum Gasteiger partial charge on any atom is 0.332 e. The molecule has 0 aliphatic rings. The predicted molar refractivity (Wildman–Crippen MR) is 117 cm³/mol. The molecule has 0 aliphatic heterocycles. The summed E-state index contributed by atoms with van der Waals surface area (Å²) in [6, 6.07) is 13.3. The van der Waals surface area contributed by atoms with Gasteiger partial charge in [-0.05, 0) is 11.6 Å². The Balaban J connectivity index is 2.07. The first-order valence-electron chi connectivity index (χ1n) is 9.52. The van der Waals surface area contributed by atoms with Crippen LogP contribution in [-0.4, -0.2) is 33.7 Å². The molecule has 0 atom stereocenters. The van der Waals surface area contributed by atoms with Crippen LogP contribution in [0.4, 0.5) is 0 Å². The number of hydrogen-bond donors (Lipinski definition) is 0. The van der Waals surface area contributed by atoms with Crippen molar-refractivity contribution in [2.24, 2.45) is 0 Å². The SMILES string of the molecule is COc1ccn2c(c1)nc1c2c(=O)n(C[Si](C)(C)C)c(=O)n1Cc1ccccc1. The van der Waals surface area contributed by atoms with E-state index in [9.17, 15) is 9.59 Å². The Labute approximate surface area is 168 Å². The smallest absolute Gasteiger partial charge is 0.332 e. The molecule has 0 saturated carbocycles. The van der Waals surface area contributed by atoms with Crippen LogP contribution in [0.15, 0.2) is 58.3 Å². The number of pyridine rings is 1. The molecular formula is C21H24N4O3Si. The normalized spacial score (nSPS) is 12.0. The number of aromatic nitrogens is 4. The molecule has 0 spiro atoms. The quantitative estimate of drug-likeness (QED) is 0.476. The van der Waals surface area contributed by atoms with Crippen LogP contribution in [0.1, 0.15) is 5.56 Å². The zero-order chi connectivity index (χ0) is 20.8. The number of methoxy groups -OCH3 is 1. The highest BCUT2D eigenvalue weighted by Crippen LogP contribution is 2.18. The van der Waals surface area contributed by atoms with Crippen LogP contribution in [0.5, 0.6) is 5.75 Å². The Bertz CT molecular complexity index is 1310. The van der Waals surface area contributed by atoms with Gasteiger partial charge < -0.3 is 4.74 Å². The molecule has 0 aliphatic carbocycles. The van der Waals surface area contributed by atoms with E-state index in [1.807, 2.05) is 30.3 Å². The van der Waals surface area contributed by atoms with Gasteiger partial charge in [-0.3, -0.25) is 18.3 Å². The van der Waals surface area contributed by atoms with Gasteiger partial charge in [0.2, 0.25) is 0 Å². The van der Waals surface area contributed by atoms with E-state index in [2.05, 4.69) is 24.6 Å². The third-order valence-corrected chi connectivity index (χ3v) is 6.06. The lowest BCUT2D eigenvalue weighted by Gasteiger charge is -2.18. The predicted octanol–water partition coefficient (Wildman–Crippen LogP) is 2.75. The van der Waals surface area contributed by atoms with Crippen molar-refractivity contribution >= 4 is 24.9 Å². The molecule has 4 rings (SSSR count). The van der Waals surface area contributed by atoms with Crippen LogP contribution < -0.4 is 16.0 Å². The van der Waals surface area contributed by atoms with Gasteiger partial charge in [0, 0.05) is 18.4 Å². The molecule has 1 aromatic carbocycles. The highest BCUT2D eigenvalue weighted by molar-refractivity contribution is 6.74. The molecule has 0 amide bonds. The maximum absolute atomic E-state index is 13.4. The number of hydrogen-bond acceptors (Lipinski definition) is 4. The van der Waals surface area contributed by atoms with Gasteiger partial charge in [0.05, 0.1) is 21.7 Å². The standard InChI is InChI=1S/C21H24N4O3Si/c1-28-16-10-11-23-17(12-16)22-19-18(23)20(26)25(14-29(2,3)4)21(27)24(19)13-15-8-6-5-7-9-15/h5-12H,13-14H2,1-4H3. The summed E-state index contributed by atoms with van der Waals surface area (Å²) >= 11 is 0. The van der Waals surface area contributed by atoms with Gasteiger partial charge >= 0.3 is 5.69 Å². The Morgan fingerprint density at radius 3 is 2.41 bits per heavy atom. The van der Waals surface area contributed by atoms with Gasteiger partial charge in [0.1, 0.15) is 11.4 Å². The van der Waals surface area contributed by atoms with Crippen molar-refractivity contribution in [2.45, 2.75) is 32.4 Å². The van der Waals surface area contributed by atoms with Crippen molar-refractivity contribution in [1.29, 1.82) is 0 Å². The molecule has 150 valence electrons. The fourth-order valence-electron chi connectivity index (χ4n) is 3.50. The largest absolute Gasteiger partial charge is 0.497 e. The van der Waals surface area contributed by atoms with E-state index < -0.39 is 8.07 Å². The highest BCUT2D eigenvalue weighted by atomic mass is 28.3. The van der Waals surface area contributed by atoms with Crippen LogP contribution in [-0.2, 0) is 12.7 Å². The van der Waals surface area contributed by atoms with Crippen LogP contribution >= 0.6 is 0 Å². The topological polar surface area (TPSA) is 70.5 Å². The summed E-state index contributed by atoms with van der Waals surface area (Å²) < 4.78 is 10.0. The van der Waals surface area contributed by atoms with E-state index >= 15 is 0 Å². The van der Waals surface area contributed by atoms with Gasteiger partial charge in [0.25, 0.3) is 5.56 Å². The molecule has 0 fully saturated rings. The molecule has 3 aromatic heterocycles. The van der Waals surface area contributed by atoms with E-state index in [1.165, 1.54) is 4.57 Å². The summed E-state index contributed by atoms with van der Waals surface area (Å²) in [5, 5.41) is 0. The third-order valence-electron chi connectivity index (χ3n) is 4.80. The van der Waals surface area contributed by atoms with Crippen molar-refractivity contribution in [1.82, 2.24) is 18.5 Å². The van der Waals surface area contributed by atoms with E-state index in [1.54, 1.807) is 34.4 Å². The molecule has 29 heavy (non-hydrogen) atoms. The fraction of sp³-hybridized carbons (Fsp3) is 0.286. The van der Waals surface area contributed by atoms with E-state index in [-0.39, 0.29) is 11.2 Å². The minimum Gasteiger partial charge on any atom is -0.497 e. The summed E-state index contributed by atoms with van der Waals surface area (Å²) in [6.07, 6.45) is 2.22. The first-order chi connectivity index (χ1) is 13.8. The van der Waals surface area contributed by atoms with E-state index in [0.717, 1.165) is 5.56 Å². The lowest BCUT2D eigenvalue weighted by atomic mass is 10.2. The molecule has 3 heterocycles. The van der Waals surface area contributed by atoms with Crippen molar-refractivity contribution < 1.29 is 4.74 Å². The fourth-order valence-corrected chi connectivity index (χ4v) is 4.73. The number of benzene rings is 1. The van der Waals surface area contributed by atoms with Gasteiger partial charge in [0.15, 0.2) is 11.2 Å². The number of fused-ring (bicyclic) bond motifs is 3. The first kappa shape index (κ1) is 19.2. The van der Waals surface area contributed by atoms with Crippen LogP contribution in [0.2, 0.25) is 19.6 Å². The minimum atomic E-state index is -1.73. The van der Waals surface area contributed by atoms with Gasteiger partial charge in [-0.25, -0.2) is 9.78 Å². The average Bonchev–Trinajstić information content (AvgIpc) is 3.07. The van der Waals surface area contributed by atoms with Crippen molar-refractivity contribution in [3.63, 3.8) is 0 Å². The number of nitrogens with zero attached hydrogens (tertiary/aromatic N) is 4. The minimum absolute atomic E-state index is 0.297. The second kappa shape index (κ2) is 7.04. The van der Waals surface area contributed by atoms with Gasteiger partial charge in [-0.1, -0.05) is 50.0 Å². The third kappa shape index (κ3) is 3.51. The molecule has 0 radical (unpaired) electrons. The second-order valence-corrected chi connectivity index (χ2v) is 13.8. The van der Waals surface area contributed by atoms with Crippen molar-refractivity contribution in [3.8, 4) is 5.75 Å². The monoisotopic (exact) mass is 408 g/mol. The van der Waals surface area contributed by atoms with Crippen molar-refractivity contribution in [3.05, 3.63) is 75.1 Å². The summed E-state index contributed by atoms with van der Waals surface area (Å²) in [6.45, 7) is 6.78. The summed E-state index contributed by atoms with van der Waals surface area (Å²) in [7, 11) is -0.141. The molecular weight excluding hydrogens is 384 g/mol. The molecule has 0 unspecified atom stereocenters. The Morgan fingerprint density at radius 1 is 1.03 bits per heavy atom. The van der Waals surface area contributed by atoms with Crippen molar-refractivity contribution in [2.75, 3.05) is 7.11 Å².